The van der Waals surface area contributed by atoms with Gasteiger partial charge in [-0.1, -0.05) is 13.3 Å². The number of hydrogen-bond donors (Lipinski definition) is 1. The van der Waals surface area contributed by atoms with Crippen molar-refractivity contribution in [1.29, 1.82) is 0 Å². The van der Waals surface area contributed by atoms with Crippen LogP contribution in [-0.2, 0) is 0 Å². The molecule has 0 aromatic heterocycles. The Balaban J connectivity index is 1.92. The molecule has 2 heterocycles. The van der Waals surface area contributed by atoms with Crippen LogP contribution in [0.3, 0.4) is 0 Å². The van der Waals surface area contributed by atoms with Gasteiger partial charge in [-0.2, -0.15) is 11.8 Å². The lowest BCUT2D eigenvalue weighted by molar-refractivity contribution is 0.104. The lowest BCUT2D eigenvalue weighted by atomic mass is 9.98. The summed E-state index contributed by atoms with van der Waals surface area (Å²) in [6.45, 7) is 4.89. The maximum absolute atomic E-state index is 3.35. The van der Waals surface area contributed by atoms with Gasteiger partial charge in [-0.3, -0.25) is 4.90 Å². The zero-order chi connectivity index (χ0) is 10.7. The van der Waals surface area contributed by atoms with Crippen LogP contribution in [0.2, 0.25) is 0 Å². The summed E-state index contributed by atoms with van der Waals surface area (Å²) in [5, 5.41) is 4.24. The van der Waals surface area contributed by atoms with Crippen molar-refractivity contribution in [2.75, 3.05) is 25.9 Å². The zero-order valence-electron chi connectivity index (χ0n) is 10.0. The molecule has 0 spiro atoms. The summed E-state index contributed by atoms with van der Waals surface area (Å²) in [5.41, 5.74) is 0. The van der Waals surface area contributed by atoms with E-state index in [1.165, 1.54) is 44.5 Å². The molecule has 0 aromatic rings. The van der Waals surface area contributed by atoms with Gasteiger partial charge in [-0.15, -0.1) is 0 Å². The lowest BCUT2D eigenvalue weighted by Crippen LogP contribution is -2.50. The fourth-order valence-corrected chi connectivity index (χ4v) is 4.22. The minimum atomic E-state index is 0.805. The van der Waals surface area contributed by atoms with Crippen molar-refractivity contribution in [2.24, 2.45) is 0 Å². The zero-order valence-corrected chi connectivity index (χ0v) is 10.9. The molecule has 15 heavy (non-hydrogen) atoms. The Hall–Kier alpha value is 0.270. The second kappa shape index (κ2) is 5.55. The fraction of sp³-hybridized carbons (Fsp3) is 1.00. The van der Waals surface area contributed by atoms with Crippen molar-refractivity contribution in [1.82, 2.24) is 10.2 Å². The van der Waals surface area contributed by atoms with Crippen molar-refractivity contribution in [3.63, 3.8) is 0 Å². The molecule has 0 radical (unpaired) electrons. The van der Waals surface area contributed by atoms with Crippen LogP contribution in [0.1, 0.15) is 32.6 Å². The predicted molar refractivity (Wildman–Crippen MR) is 68.6 cm³/mol. The summed E-state index contributed by atoms with van der Waals surface area (Å²) in [4.78, 5) is 2.79. The van der Waals surface area contributed by atoms with Crippen LogP contribution < -0.4 is 5.32 Å². The van der Waals surface area contributed by atoms with Crippen molar-refractivity contribution in [3.8, 4) is 0 Å². The fourth-order valence-electron chi connectivity index (χ4n) is 2.98. The van der Waals surface area contributed by atoms with Crippen LogP contribution in [0.5, 0.6) is 0 Å². The van der Waals surface area contributed by atoms with Crippen molar-refractivity contribution in [3.05, 3.63) is 0 Å². The number of likely N-dealkylation sites (tertiary alicyclic amines) is 1. The number of hydrogen-bond acceptors (Lipinski definition) is 3. The van der Waals surface area contributed by atoms with Gasteiger partial charge in [0.2, 0.25) is 0 Å². The highest BCUT2D eigenvalue weighted by molar-refractivity contribution is 8.00. The van der Waals surface area contributed by atoms with Gasteiger partial charge in [0.15, 0.2) is 0 Å². The van der Waals surface area contributed by atoms with Crippen molar-refractivity contribution >= 4 is 11.8 Å². The Labute approximate surface area is 98.2 Å². The molecule has 2 saturated heterocycles. The monoisotopic (exact) mass is 228 g/mol. The third-order valence-electron chi connectivity index (χ3n) is 3.76. The van der Waals surface area contributed by atoms with Gasteiger partial charge < -0.3 is 5.32 Å². The molecule has 1 N–H and O–H groups in total. The Kier molecular flexibility index (Phi) is 4.35. The van der Waals surface area contributed by atoms with Gasteiger partial charge in [0.1, 0.15) is 0 Å². The number of piperidine rings is 1. The smallest absolute Gasteiger partial charge is 0.0223 e. The van der Waals surface area contributed by atoms with Crippen molar-refractivity contribution < 1.29 is 0 Å². The first-order chi connectivity index (χ1) is 7.31. The molecule has 0 amide bonds. The second-order valence-corrected chi connectivity index (χ2v) is 6.45. The number of rotatable bonds is 3. The summed E-state index contributed by atoms with van der Waals surface area (Å²) in [6, 6.07) is 1.67. The molecular formula is C12H24N2S. The molecule has 88 valence electrons. The normalized spacial score (nSPS) is 38.4. The molecule has 0 aromatic carbocycles. The Bertz CT molecular complexity index is 191. The topological polar surface area (TPSA) is 15.3 Å². The Morgan fingerprint density at radius 1 is 1.40 bits per heavy atom. The highest BCUT2D eigenvalue weighted by Gasteiger charge is 2.32. The van der Waals surface area contributed by atoms with Gasteiger partial charge in [0.05, 0.1) is 0 Å². The first kappa shape index (κ1) is 11.7. The van der Waals surface area contributed by atoms with E-state index in [2.05, 4.69) is 35.9 Å². The van der Waals surface area contributed by atoms with E-state index in [0.717, 1.165) is 17.3 Å². The van der Waals surface area contributed by atoms with E-state index in [4.69, 9.17) is 0 Å². The van der Waals surface area contributed by atoms with Gasteiger partial charge in [0, 0.05) is 29.6 Å². The average Bonchev–Trinajstić information content (AvgIpc) is 2.66. The third kappa shape index (κ3) is 2.89. The van der Waals surface area contributed by atoms with E-state index in [1.54, 1.807) is 0 Å². The number of nitrogens with one attached hydrogen (secondary N) is 1. The van der Waals surface area contributed by atoms with Gasteiger partial charge in [-0.25, -0.2) is 0 Å². The van der Waals surface area contributed by atoms with Crippen LogP contribution in [0, 0.1) is 0 Å². The Morgan fingerprint density at radius 2 is 2.27 bits per heavy atom. The molecule has 0 aliphatic carbocycles. The van der Waals surface area contributed by atoms with E-state index in [1.807, 2.05) is 0 Å². The third-order valence-corrected chi connectivity index (χ3v) is 5.10. The molecule has 3 heteroatoms. The minimum Gasteiger partial charge on any atom is -0.318 e. The number of nitrogens with zero attached hydrogens (tertiary/aromatic N) is 1. The number of thioether (sulfide) groups is 1. The SMILES string of the molecule is CNCC1CCCCN1C1CSC(C)C1. The molecule has 3 atom stereocenters. The van der Waals surface area contributed by atoms with Crippen LogP contribution >= 0.6 is 11.8 Å². The van der Waals surface area contributed by atoms with Gasteiger partial charge >= 0.3 is 0 Å². The second-order valence-electron chi connectivity index (χ2n) is 4.98. The molecule has 2 aliphatic rings. The summed E-state index contributed by atoms with van der Waals surface area (Å²) < 4.78 is 0. The molecule has 2 aliphatic heterocycles. The van der Waals surface area contributed by atoms with E-state index in [9.17, 15) is 0 Å². The summed E-state index contributed by atoms with van der Waals surface area (Å²) in [6.07, 6.45) is 5.65. The first-order valence-electron chi connectivity index (χ1n) is 6.33. The van der Waals surface area contributed by atoms with Crippen LogP contribution in [0.25, 0.3) is 0 Å². The standard InChI is InChI=1S/C12H24N2S/c1-10-7-12(9-15-10)14-6-4-3-5-11(14)8-13-2/h10-13H,3-9H2,1-2H3. The molecule has 2 rings (SSSR count). The Morgan fingerprint density at radius 3 is 2.93 bits per heavy atom. The van der Waals surface area contributed by atoms with Gasteiger partial charge in [-0.05, 0) is 32.9 Å². The van der Waals surface area contributed by atoms with E-state index < -0.39 is 0 Å². The molecular weight excluding hydrogens is 204 g/mol. The van der Waals surface area contributed by atoms with Gasteiger partial charge in [0.25, 0.3) is 0 Å². The molecule has 0 bridgehead atoms. The predicted octanol–water partition coefficient (Wildman–Crippen LogP) is 1.95. The summed E-state index contributed by atoms with van der Waals surface area (Å²) >= 11 is 2.16. The largest absolute Gasteiger partial charge is 0.318 e. The van der Waals surface area contributed by atoms with E-state index in [0.29, 0.717) is 0 Å². The molecule has 0 saturated carbocycles. The highest BCUT2D eigenvalue weighted by Crippen LogP contribution is 2.32. The van der Waals surface area contributed by atoms with Crippen LogP contribution in [0.15, 0.2) is 0 Å². The highest BCUT2D eigenvalue weighted by atomic mass is 32.2. The molecule has 2 nitrogen and oxygen atoms in total. The van der Waals surface area contributed by atoms with Crippen LogP contribution in [-0.4, -0.2) is 48.1 Å². The summed E-state index contributed by atoms with van der Waals surface area (Å²) in [7, 11) is 2.08. The molecule has 3 unspecified atom stereocenters. The average molecular weight is 228 g/mol. The quantitative estimate of drug-likeness (QED) is 0.795. The maximum atomic E-state index is 3.35. The van der Waals surface area contributed by atoms with Crippen LogP contribution in [0.4, 0.5) is 0 Å². The minimum absolute atomic E-state index is 0.805. The number of likely N-dealkylation sites (N-methyl/N-ethyl adjacent to an activating group) is 1. The summed E-state index contributed by atoms with van der Waals surface area (Å²) in [5.74, 6) is 1.36. The van der Waals surface area contributed by atoms with E-state index in [-0.39, 0.29) is 0 Å². The van der Waals surface area contributed by atoms with Crippen molar-refractivity contribution in [2.45, 2.75) is 49.9 Å². The lowest BCUT2D eigenvalue weighted by Gasteiger charge is -2.39. The maximum Gasteiger partial charge on any atom is 0.0223 e. The molecule has 2 fully saturated rings. The van der Waals surface area contributed by atoms with E-state index >= 15 is 0 Å². The first-order valence-corrected chi connectivity index (χ1v) is 7.38.